The van der Waals surface area contributed by atoms with E-state index in [1.807, 2.05) is 0 Å². The molecule has 0 radical (unpaired) electrons. The zero-order chi connectivity index (χ0) is 16.4. The van der Waals surface area contributed by atoms with Crippen molar-refractivity contribution in [3.05, 3.63) is 29.6 Å². The number of aromatic hydroxyl groups is 1. The number of benzene rings is 1. The largest absolute Gasteiger partial charge is 0.508 e. The van der Waals surface area contributed by atoms with Gasteiger partial charge in [0.2, 0.25) is 5.54 Å². The molecule has 1 aromatic carbocycles. The summed E-state index contributed by atoms with van der Waals surface area (Å²) in [7, 11) is 0. The Labute approximate surface area is 121 Å². The van der Waals surface area contributed by atoms with Gasteiger partial charge in [0.1, 0.15) is 17.2 Å². The van der Waals surface area contributed by atoms with E-state index in [-0.39, 0.29) is 11.3 Å². The summed E-state index contributed by atoms with van der Waals surface area (Å²) in [5.74, 6) is -3.94. The van der Waals surface area contributed by atoms with Gasteiger partial charge in [-0.15, -0.1) is 0 Å². The number of phenols is 1. The summed E-state index contributed by atoms with van der Waals surface area (Å²) in [5, 5.41) is 18.3. The van der Waals surface area contributed by atoms with Gasteiger partial charge >= 0.3 is 11.9 Å². The van der Waals surface area contributed by atoms with Crippen molar-refractivity contribution in [1.82, 2.24) is 0 Å². The molecule has 0 amide bonds. The van der Waals surface area contributed by atoms with Crippen molar-refractivity contribution in [3.8, 4) is 5.75 Å². The van der Waals surface area contributed by atoms with Gasteiger partial charge in [0, 0.05) is 12.5 Å². The Balaban J connectivity index is 3.11. The first-order valence-electron chi connectivity index (χ1n) is 6.19. The van der Waals surface area contributed by atoms with Gasteiger partial charge in [-0.3, -0.25) is 0 Å². The van der Waals surface area contributed by atoms with Crippen molar-refractivity contribution < 1.29 is 28.9 Å². The van der Waals surface area contributed by atoms with Crippen LogP contribution in [0.3, 0.4) is 0 Å². The molecule has 0 aliphatic heterocycles. The second-order valence-electron chi connectivity index (χ2n) is 5.73. The van der Waals surface area contributed by atoms with Crippen LogP contribution in [0.15, 0.2) is 18.2 Å². The van der Waals surface area contributed by atoms with Crippen LogP contribution in [-0.4, -0.2) is 33.3 Å². The smallest absolute Gasteiger partial charge is 0.338 e. The topological polar surface area (TPSA) is 110 Å². The van der Waals surface area contributed by atoms with Crippen LogP contribution in [-0.2, 0) is 20.7 Å². The molecular weight excluding hydrogens is 281 g/mol. The van der Waals surface area contributed by atoms with Crippen molar-refractivity contribution >= 4 is 11.9 Å². The Kier molecular flexibility index (Phi) is 4.58. The number of carboxylic acids is 1. The van der Waals surface area contributed by atoms with Gasteiger partial charge in [-0.25, -0.2) is 14.0 Å². The second-order valence-corrected chi connectivity index (χ2v) is 5.73. The van der Waals surface area contributed by atoms with Crippen LogP contribution in [0, 0.1) is 5.82 Å². The zero-order valence-electron chi connectivity index (χ0n) is 12.0. The fraction of sp³-hybridized carbons (Fsp3) is 0.429. The van der Waals surface area contributed by atoms with E-state index < -0.39 is 35.3 Å². The lowest BCUT2D eigenvalue weighted by Gasteiger charge is -2.28. The first-order chi connectivity index (χ1) is 9.45. The average molecular weight is 299 g/mol. The normalized spacial score (nSPS) is 14.3. The van der Waals surface area contributed by atoms with Crippen LogP contribution >= 0.6 is 0 Å². The van der Waals surface area contributed by atoms with Gasteiger partial charge < -0.3 is 20.7 Å². The number of halogens is 1. The monoisotopic (exact) mass is 299 g/mol. The molecule has 116 valence electrons. The van der Waals surface area contributed by atoms with Crippen LogP contribution in [0.25, 0.3) is 0 Å². The third-order valence-corrected chi connectivity index (χ3v) is 2.65. The minimum atomic E-state index is -2.41. The molecule has 0 saturated carbocycles. The average Bonchev–Trinajstić information content (AvgIpc) is 2.30. The predicted octanol–water partition coefficient (Wildman–Crippen LogP) is 1.20. The highest BCUT2D eigenvalue weighted by atomic mass is 19.1. The van der Waals surface area contributed by atoms with E-state index in [0.717, 1.165) is 6.07 Å². The number of nitrogens with two attached hydrogens (primary N) is 1. The van der Waals surface area contributed by atoms with Crippen LogP contribution in [0.2, 0.25) is 0 Å². The molecule has 0 heterocycles. The van der Waals surface area contributed by atoms with Crippen LogP contribution in [0.5, 0.6) is 5.75 Å². The van der Waals surface area contributed by atoms with Crippen LogP contribution in [0.1, 0.15) is 26.3 Å². The Morgan fingerprint density at radius 1 is 1.33 bits per heavy atom. The summed E-state index contributed by atoms with van der Waals surface area (Å²) in [5.41, 5.74) is 2.18. The summed E-state index contributed by atoms with van der Waals surface area (Å²) in [6.07, 6.45) is -0.594. The fourth-order valence-electron chi connectivity index (χ4n) is 1.58. The molecule has 1 rings (SSSR count). The number of carbonyl (C=O) groups excluding carboxylic acids is 1. The molecule has 0 aliphatic rings. The van der Waals surface area contributed by atoms with Gasteiger partial charge in [0.25, 0.3) is 0 Å². The van der Waals surface area contributed by atoms with Crippen molar-refractivity contribution in [3.63, 3.8) is 0 Å². The third kappa shape index (κ3) is 4.16. The summed E-state index contributed by atoms with van der Waals surface area (Å²) in [6.45, 7) is 4.69. The number of hydrogen-bond acceptors (Lipinski definition) is 5. The molecule has 7 heteroatoms. The highest BCUT2D eigenvalue weighted by molar-refractivity contribution is 6.04. The Hall–Kier alpha value is -2.15. The molecule has 1 atom stereocenters. The maximum absolute atomic E-state index is 13.7. The molecule has 0 aromatic heterocycles. The number of phenolic OH excluding ortho intramolecular Hbond substituents is 1. The van der Waals surface area contributed by atoms with Gasteiger partial charge in [-0.2, -0.15) is 0 Å². The van der Waals surface area contributed by atoms with Gasteiger partial charge in [0.05, 0.1) is 0 Å². The van der Waals surface area contributed by atoms with Crippen LogP contribution < -0.4 is 5.73 Å². The Bertz CT molecular complexity index is 567. The molecule has 0 bridgehead atoms. The molecule has 21 heavy (non-hydrogen) atoms. The molecule has 0 spiro atoms. The number of ether oxygens (including phenoxy) is 1. The molecule has 1 aromatic rings. The highest BCUT2D eigenvalue weighted by Crippen LogP contribution is 2.22. The van der Waals surface area contributed by atoms with E-state index in [1.165, 1.54) is 12.1 Å². The lowest BCUT2D eigenvalue weighted by molar-refractivity contribution is -0.169. The molecule has 1 unspecified atom stereocenters. The van der Waals surface area contributed by atoms with Crippen molar-refractivity contribution in [2.24, 2.45) is 5.73 Å². The van der Waals surface area contributed by atoms with Crippen LogP contribution in [0.4, 0.5) is 4.39 Å². The Morgan fingerprint density at radius 2 is 1.90 bits per heavy atom. The number of aliphatic carboxylic acids is 1. The SMILES string of the molecule is CC(C)(C)OC(=O)C(N)(Cc1ccc(O)cc1F)C(=O)O. The summed E-state index contributed by atoms with van der Waals surface area (Å²) >= 11 is 0. The fourth-order valence-corrected chi connectivity index (χ4v) is 1.58. The first-order valence-corrected chi connectivity index (χ1v) is 6.19. The second kappa shape index (κ2) is 5.69. The number of carboxylic acid groups (broad SMARTS) is 1. The first kappa shape index (κ1) is 16.9. The highest BCUT2D eigenvalue weighted by Gasteiger charge is 2.46. The van der Waals surface area contributed by atoms with E-state index in [1.54, 1.807) is 20.8 Å². The predicted molar refractivity (Wildman–Crippen MR) is 72.2 cm³/mol. The summed E-state index contributed by atoms with van der Waals surface area (Å²) in [6, 6.07) is 3.15. The quantitative estimate of drug-likeness (QED) is 0.569. The van der Waals surface area contributed by atoms with E-state index in [0.29, 0.717) is 0 Å². The summed E-state index contributed by atoms with van der Waals surface area (Å²) < 4.78 is 18.7. The maximum atomic E-state index is 13.7. The zero-order valence-corrected chi connectivity index (χ0v) is 12.0. The molecule has 4 N–H and O–H groups in total. The molecule has 6 nitrogen and oxygen atoms in total. The van der Waals surface area contributed by atoms with Crippen molar-refractivity contribution in [2.75, 3.05) is 0 Å². The van der Waals surface area contributed by atoms with Crippen molar-refractivity contribution in [2.45, 2.75) is 38.3 Å². The standard InChI is InChI=1S/C14H18FNO5/c1-13(2,3)21-12(20)14(16,11(18)19)7-8-4-5-9(17)6-10(8)15/h4-6,17H,7,16H2,1-3H3,(H,18,19). The molecule has 0 saturated heterocycles. The molecular formula is C14H18FNO5. The number of carbonyl (C=O) groups is 2. The van der Waals surface area contributed by atoms with Gasteiger partial charge in [-0.1, -0.05) is 6.07 Å². The molecule has 0 fully saturated rings. The number of esters is 1. The lowest BCUT2D eigenvalue weighted by atomic mass is 9.91. The number of rotatable bonds is 4. The summed E-state index contributed by atoms with van der Waals surface area (Å²) in [4.78, 5) is 23.3. The van der Waals surface area contributed by atoms with E-state index in [2.05, 4.69) is 0 Å². The van der Waals surface area contributed by atoms with E-state index in [4.69, 9.17) is 15.6 Å². The minimum Gasteiger partial charge on any atom is -0.508 e. The van der Waals surface area contributed by atoms with Crippen molar-refractivity contribution in [1.29, 1.82) is 0 Å². The number of hydrogen-bond donors (Lipinski definition) is 3. The van der Waals surface area contributed by atoms with Gasteiger partial charge in [-0.05, 0) is 32.4 Å². The maximum Gasteiger partial charge on any atom is 0.338 e. The lowest BCUT2D eigenvalue weighted by Crippen LogP contribution is -2.58. The molecule has 0 aliphatic carbocycles. The third-order valence-electron chi connectivity index (χ3n) is 2.65. The van der Waals surface area contributed by atoms with E-state index >= 15 is 0 Å². The Morgan fingerprint density at radius 3 is 2.33 bits per heavy atom. The minimum absolute atomic E-state index is 0.108. The van der Waals surface area contributed by atoms with Gasteiger partial charge in [0.15, 0.2) is 0 Å². The van der Waals surface area contributed by atoms with E-state index in [9.17, 15) is 19.1 Å².